The molecule has 0 saturated heterocycles. The van der Waals surface area contributed by atoms with Gasteiger partial charge in [0.25, 0.3) is 0 Å². The Morgan fingerprint density at radius 1 is 1.06 bits per heavy atom. The van der Waals surface area contributed by atoms with Crippen LogP contribution in [0.4, 0.5) is 0 Å². The number of hydrogen-bond acceptors (Lipinski definition) is 1. The Labute approximate surface area is 223 Å². The lowest BCUT2D eigenvalue weighted by Crippen LogP contribution is -2.30. The van der Waals surface area contributed by atoms with Crippen molar-refractivity contribution in [3.63, 3.8) is 0 Å². The van der Waals surface area contributed by atoms with Crippen LogP contribution in [0.1, 0.15) is 105 Å². The third-order valence-corrected chi connectivity index (χ3v) is 7.96. The van der Waals surface area contributed by atoms with E-state index in [1.165, 1.54) is 60.8 Å². The molecular weight excluding hydrogens is 434 g/mol. The van der Waals surface area contributed by atoms with Crippen LogP contribution in [0, 0.1) is 17.3 Å². The van der Waals surface area contributed by atoms with Crippen LogP contribution in [0.5, 0.6) is 0 Å². The van der Waals surface area contributed by atoms with E-state index < -0.39 is 0 Å². The molecule has 0 aliphatic heterocycles. The van der Waals surface area contributed by atoms with Crippen molar-refractivity contribution in [1.82, 2.24) is 0 Å². The molecule has 0 heterocycles. The molecule has 3 rings (SSSR count). The highest BCUT2D eigenvalue weighted by Gasteiger charge is 2.33. The Morgan fingerprint density at radius 3 is 2.28 bits per heavy atom. The fourth-order valence-corrected chi connectivity index (χ4v) is 5.95. The lowest BCUT2D eigenvalue weighted by atomic mass is 9.78. The van der Waals surface area contributed by atoms with Crippen LogP contribution < -0.4 is 5.73 Å². The molecule has 0 unspecified atom stereocenters. The Hall–Kier alpha value is -2.12. The van der Waals surface area contributed by atoms with E-state index in [4.69, 9.17) is 5.73 Å². The maximum absolute atomic E-state index is 6.10. The van der Waals surface area contributed by atoms with Gasteiger partial charge < -0.3 is 5.73 Å². The zero-order chi connectivity index (χ0) is 26.7. The van der Waals surface area contributed by atoms with Crippen LogP contribution in [0.15, 0.2) is 77.4 Å². The number of benzene rings is 1. The van der Waals surface area contributed by atoms with E-state index in [2.05, 4.69) is 104 Å². The summed E-state index contributed by atoms with van der Waals surface area (Å²) in [5.74, 6) is 1.32. The molecule has 0 amide bonds. The molecule has 1 fully saturated rings. The first-order valence-corrected chi connectivity index (χ1v) is 14.3. The molecule has 1 nitrogen and oxygen atoms in total. The third-order valence-electron chi connectivity index (χ3n) is 7.96. The minimum atomic E-state index is 0.344. The van der Waals surface area contributed by atoms with Crippen molar-refractivity contribution in [3.8, 4) is 0 Å². The Morgan fingerprint density at radius 2 is 1.72 bits per heavy atom. The van der Waals surface area contributed by atoms with E-state index in [0.717, 1.165) is 19.4 Å². The second kappa shape index (κ2) is 14.6. The second-order valence-corrected chi connectivity index (χ2v) is 11.8. The highest BCUT2D eigenvalue weighted by molar-refractivity contribution is 5.68. The smallest absolute Gasteiger partial charge is 0.00173 e. The van der Waals surface area contributed by atoms with Crippen LogP contribution in [0.2, 0.25) is 0 Å². The zero-order valence-electron chi connectivity index (χ0n) is 24.4. The van der Waals surface area contributed by atoms with Gasteiger partial charge in [-0.15, -0.1) is 0 Å². The van der Waals surface area contributed by atoms with E-state index in [9.17, 15) is 0 Å². The van der Waals surface area contributed by atoms with E-state index >= 15 is 0 Å². The van der Waals surface area contributed by atoms with Crippen molar-refractivity contribution < 1.29 is 0 Å². The summed E-state index contributed by atoms with van der Waals surface area (Å²) in [7, 11) is 0. The van der Waals surface area contributed by atoms with Crippen LogP contribution in [-0.2, 0) is 6.42 Å². The predicted octanol–water partition coefficient (Wildman–Crippen LogP) is 10.0. The van der Waals surface area contributed by atoms with E-state index in [-0.39, 0.29) is 0 Å². The average molecular weight is 488 g/mol. The topological polar surface area (TPSA) is 26.0 Å². The summed E-state index contributed by atoms with van der Waals surface area (Å²) < 4.78 is 0. The molecule has 198 valence electrons. The third kappa shape index (κ3) is 8.48. The number of rotatable bonds is 9. The Kier molecular flexibility index (Phi) is 12.2. The molecule has 2 aliphatic rings. The fraction of sp³-hybridized carbons (Fsp3) is 0.543. The molecule has 36 heavy (non-hydrogen) atoms. The lowest BCUT2D eigenvalue weighted by Gasteiger charge is -2.28. The number of allylic oxidation sites excluding steroid dienone is 9. The number of hydrogen-bond donors (Lipinski definition) is 1. The molecule has 0 aromatic heterocycles. The minimum Gasteiger partial charge on any atom is -0.330 e. The van der Waals surface area contributed by atoms with Gasteiger partial charge in [0.1, 0.15) is 0 Å². The first-order chi connectivity index (χ1) is 17.1. The standard InChI is InChI=1S/C19H27N.C16H26/c1-3-4-9-16(2)18-11-6-5-10-17(18)14-19(15-20)12-7-8-13-19;1-11(2)10-16-14(12(3)4)8-7-9-15(16)13(5)6/h3-6,9-11H,7-8,12-15,20H2,1-2H3;8,12-13H,1,7,9-10H2,2-6H3/b4-3-,16-9+;. The van der Waals surface area contributed by atoms with Gasteiger partial charge in [-0.25, -0.2) is 0 Å². The first-order valence-electron chi connectivity index (χ1n) is 14.3. The molecule has 0 radical (unpaired) electrons. The van der Waals surface area contributed by atoms with Crippen molar-refractivity contribution in [2.24, 2.45) is 23.0 Å². The van der Waals surface area contributed by atoms with E-state index in [1.807, 2.05) is 0 Å². The van der Waals surface area contributed by atoms with Gasteiger partial charge in [0.15, 0.2) is 0 Å². The van der Waals surface area contributed by atoms with Crippen LogP contribution in [0.3, 0.4) is 0 Å². The van der Waals surface area contributed by atoms with Gasteiger partial charge in [-0.2, -0.15) is 0 Å². The first kappa shape index (κ1) is 30.1. The molecule has 0 spiro atoms. The molecule has 2 aliphatic carbocycles. The van der Waals surface area contributed by atoms with Crippen molar-refractivity contribution in [3.05, 3.63) is 88.6 Å². The Balaban J connectivity index is 0.000000261. The highest BCUT2D eigenvalue weighted by Crippen LogP contribution is 2.41. The molecular formula is C35H53N. The van der Waals surface area contributed by atoms with Gasteiger partial charge in [-0.05, 0) is 111 Å². The van der Waals surface area contributed by atoms with Gasteiger partial charge in [0, 0.05) is 0 Å². The highest BCUT2D eigenvalue weighted by atomic mass is 14.6. The molecule has 1 aromatic carbocycles. The summed E-state index contributed by atoms with van der Waals surface area (Å²) in [4.78, 5) is 0. The molecule has 1 saturated carbocycles. The maximum Gasteiger partial charge on any atom is -0.00173 e. The van der Waals surface area contributed by atoms with E-state index in [0.29, 0.717) is 17.3 Å². The summed E-state index contributed by atoms with van der Waals surface area (Å²) in [6, 6.07) is 8.80. The van der Waals surface area contributed by atoms with Crippen LogP contribution in [0.25, 0.3) is 5.57 Å². The van der Waals surface area contributed by atoms with E-state index in [1.54, 1.807) is 16.7 Å². The van der Waals surface area contributed by atoms with Crippen molar-refractivity contribution in [2.75, 3.05) is 6.54 Å². The van der Waals surface area contributed by atoms with Crippen molar-refractivity contribution in [2.45, 2.75) is 99.8 Å². The normalized spacial score (nSPS) is 18.1. The fourth-order valence-electron chi connectivity index (χ4n) is 5.95. The summed E-state index contributed by atoms with van der Waals surface area (Å²) in [6.07, 6.45) is 18.7. The largest absolute Gasteiger partial charge is 0.330 e. The van der Waals surface area contributed by atoms with Crippen molar-refractivity contribution >= 4 is 5.57 Å². The van der Waals surface area contributed by atoms with Gasteiger partial charge in [0.2, 0.25) is 0 Å². The van der Waals surface area contributed by atoms with Crippen LogP contribution >= 0.6 is 0 Å². The molecule has 0 bridgehead atoms. The molecule has 0 atom stereocenters. The molecule has 2 N–H and O–H groups in total. The van der Waals surface area contributed by atoms with Gasteiger partial charge in [0.05, 0.1) is 0 Å². The van der Waals surface area contributed by atoms with Gasteiger partial charge in [-0.1, -0.05) is 107 Å². The lowest BCUT2D eigenvalue weighted by molar-refractivity contribution is 0.306. The number of nitrogens with two attached hydrogens (primary N) is 1. The Bertz CT molecular complexity index is 974. The molecule has 1 heteroatoms. The summed E-state index contributed by atoms with van der Waals surface area (Å²) in [5, 5.41) is 0. The molecule has 1 aromatic rings. The van der Waals surface area contributed by atoms with Crippen molar-refractivity contribution in [1.29, 1.82) is 0 Å². The quantitative estimate of drug-likeness (QED) is 0.272. The summed E-state index contributed by atoms with van der Waals surface area (Å²) in [6.45, 7) is 20.5. The zero-order valence-corrected chi connectivity index (χ0v) is 24.4. The monoisotopic (exact) mass is 487 g/mol. The SMILES string of the molecule is C/C=C\C=C(/C)c1ccccc1CC1(CN)CCCC1.C=C(C)CC1=C(C(C)C)CCC=C1C(C)C. The van der Waals surface area contributed by atoms with Gasteiger partial charge in [-0.3, -0.25) is 0 Å². The van der Waals surface area contributed by atoms with Crippen LogP contribution in [-0.4, -0.2) is 6.54 Å². The summed E-state index contributed by atoms with van der Waals surface area (Å²) >= 11 is 0. The predicted molar refractivity (Wildman–Crippen MR) is 162 cm³/mol. The minimum absolute atomic E-state index is 0.344. The second-order valence-electron chi connectivity index (χ2n) is 11.8. The van der Waals surface area contributed by atoms with Gasteiger partial charge >= 0.3 is 0 Å². The summed E-state index contributed by atoms with van der Waals surface area (Å²) in [5.41, 5.74) is 16.7. The maximum atomic E-state index is 6.10. The average Bonchev–Trinajstić information content (AvgIpc) is 3.31.